The summed E-state index contributed by atoms with van der Waals surface area (Å²) < 4.78 is 29.5. The summed E-state index contributed by atoms with van der Waals surface area (Å²) in [6.45, 7) is 5.99. The quantitative estimate of drug-likeness (QED) is 0.578. The van der Waals surface area contributed by atoms with E-state index >= 15 is 0 Å². The summed E-state index contributed by atoms with van der Waals surface area (Å²) in [7, 11) is 0. The van der Waals surface area contributed by atoms with Crippen molar-refractivity contribution >= 4 is 17.7 Å². The minimum absolute atomic E-state index is 0.0374. The van der Waals surface area contributed by atoms with E-state index in [9.17, 15) is 13.6 Å². The summed E-state index contributed by atoms with van der Waals surface area (Å²) in [6, 6.07) is 12.6. The van der Waals surface area contributed by atoms with E-state index in [0.29, 0.717) is 16.9 Å². The third kappa shape index (κ3) is 5.00. The molecule has 3 aromatic rings. The number of nitrogens with one attached hydrogen (secondary N) is 1. The van der Waals surface area contributed by atoms with Crippen LogP contribution in [-0.4, -0.2) is 32.5 Å². The molecule has 8 heteroatoms. The Hall–Kier alpha value is -2.74. The number of nitrogens with zero attached hydrogens (tertiary/aromatic N) is 3. The van der Waals surface area contributed by atoms with Gasteiger partial charge >= 0.3 is 0 Å². The van der Waals surface area contributed by atoms with E-state index in [1.807, 2.05) is 51.1 Å². The summed E-state index contributed by atoms with van der Waals surface area (Å²) in [5, 5.41) is 11.6. The maximum atomic E-state index is 14.5. The number of carbonyl (C=O) groups is 1. The Labute approximate surface area is 172 Å². The van der Waals surface area contributed by atoms with Crippen LogP contribution >= 0.6 is 11.8 Å². The SMILES string of the molecule is CC(C)[C@@H](C)NC(=O)CSc1nnc(-c2ccccc2)n1-c1ccc(F)cc1F. The first-order chi connectivity index (χ1) is 13.9. The van der Waals surface area contributed by atoms with Gasteiger partial charge in [-0.25, -0.2) is 8.78 Å². The Morgan fingerprint density at radius 3 is 2.48 bits per heavy atom. The van der Waals surface area contributed by atoms with Crippen molar-refractivity contribution in [1.29, 1.82) is 0 Å². The number of carbonyl (C=O) groups excluding carboxylic acids is 1. The van der Waals surface area contributed by atoms with Crippen LogP contribution in [0.25, 0.3) is 17.1 Å². The van der Waals surface area contributed by atoms with E-state index in [2.05, 4.69) is 15.5 Å². The monoisotopic (exact) mass is 416 g/mol. The molecule has 0 aliphatic rings. The first kappa shape index (κ1) is 21.0. The molecule has 0 saturated carbocycles. The molecule has 5 nitrogen and oxygen atoms in total. The predicted octanol–water partition coefficient (Wildman–Crippen LogP) is 4.47. The van der Waals surface area contributed by atoms with Crippen LogP contribution in [0.2, 0.25) is 0 Å². The van der Waals surface area contributed by atoms with Gasteiger partial charge in [0.15, 0.2) is 11.0 Å². The first-order valence-electron chi connectivity index (χ1n) is 9.25. The molecule has 1 heterocycles. The number of amides is 1. The summed E-state index contributed by atoms with van der Waals surface area (Å²) in [5.74, 6) is -0.724. The largest absolute Gasteiger partial charge is 0.353 e. The van der Waals surface area contributed by atoms with Crippen molar-refractivity contribution in [2.45, 2.75) is 32.0 Å². The maximum Gasteiger partial charge on any atom is 0.230 e. The fourth-order valence-corrected chi connectivity index (χ4v) is 3.37. The lowest BCUT2D eigenvalue weighted by Gasteiger charge is -2.17. The van der Waals surface area contributed by atoms with Crippen molar-refractivity contribution < 1.29 is 13.6 Å². The van der Waals surface area contributed by atoms with E-state index in [1.165, 1.54) is 16.7 Å². The second-order valence-corrected chi connectivity index (χ2v) is 7.93. The Morgan fingerprint density at radius 1 is 1.10 bits per heavy atom. The van der Waals surface area contributed by atoms with Gasteiger partial charge in [-0.15, -0.1) is 10.2 Å². The minimum Gasteiger partial charge on any atom is -0.353 e. The van der Waals surface area contributed by atoms with Gasteiger partial charge in [0.25, 0.3) is 0 Å². The van der Waals surface area contributed by atoms with Gasteiger partial charge in [-0.05, 0) is 25.0 Å². The molecule has 29 heavy (non-hydrogen) atoms. The van der Waals surface area contributed by atoms with Crippen molar-refractivity contribution in [2.24, 2.45) is 5.92 Å². The molecule has 0 fully saturated rings. The molecule has 1 amide bonds. The van der Waals surface area contributed by atoms with Crippen molar-refractivity contribution in [3.8, 4) is 17.1 Å². The number of hydrogen-bond donors (Lipinski definition) is 1. The normalized spacial score (nSPS) is 12.2. The Balaban J connectivity index is 1.93. The first-order valence-corrected chi connectivity index (χ1v) is 10.2. The number of benzene rings is 2. The van der Waals surface area contributed by atoms with Crippen LogP contribution in [0.4, 0.5) is 8.78 Å². The van der Waals surface area contributed by atoms with Crippen molar-refractivity contribution in [3.05, 3.63) is 60.2 Å². The Bertz CT molecular complexity index is 992. The van der Waals surface area contributed by atoms with Gasteiger partial charge in [-0.3, -0.25) is 9.36 Å². The van der Waals surface area contributed by atoms with Crippen LogP contribution < -0.4 is 5.32 Å². The average Bonchev–Trinajstić information content (AvgIpc) is 3.10. The molecule has 0 saturated heterocycles. The van der Waals surface area contributed by atoms with Crippen LogP contribution in [0.5, 0.6) is 0 Å². The van der Waals surface area contributed by atoms with Gasteiger partial charge in [0.2, 0.25) is 5.91 Å². The average molecular weight is 416 g/mol. The topological polar surface area (TPSA) is 59.8 Å². The smallest absolute Gasteiger partial charge is 0.230 e. The lowest BCUT2D eigenvalue weighted by atomic mass is 10.1. The highest BCUT2D eigenvalue weighted by molar-refractivity contribution is 7.99. The molecule has 1 N–H and O–H groups in total. The lowest BCUT2D eigenvalue weighted by molar-refractivity contribution is -0.119. The third-order valence-corrected chi connectivity index (χ3v) is 5.47. The van der Waals surface area contributed by atoms with E-state index in [1.54, 1.807) is 0 Å². The van der Waals surface area contributed by atoms with Crippen molar-refractivity contribution in [1.82, 2.24) is 20.1 Å². The van der Waals surface area contributed by atoms with Gasteiger partial charge in [0, 0.05) is 17.7 Å². The van der Waals surface area contributed by atoms with Gasteiger partial charge in [0.05, 0.1) is 11.4 Å². The minimum atomic E-state index is -0.735. The van der Waals surface area contributed by atoms with E-state index in [4.69, 9.17) is 0 Å². The van der Waals surface area contributed by atoms with Crippen LogP contribution in [0.15, 0.2) is 53.7 Å². The Kier molecular flexibility index (Phi) is 6.64. The molecular weight excluding hydrogens is 394 g/mol. The summed E-state index contributed by atoms with van der Waals surface area (Å²) in [6.07, 6.45) is 0. The molecule has 0 bridgehead atoms. The second-order valence-electron chi connectivity index (χ2n) is 6.99. The number of hydrogen-bond acceptors (Lipinski definition) is 4. The zero-order valence-corrected chi connectivity index (χ0v) is 17.2. The standard InChI is InChI=1S/C21H22F2N4OS/c1-13(2)14(3)24-19(28)12-29-21-26-25-20(15-7-5-4-6-8-15)27(21)18-10-9-16(22)11-17(18)23/h4-11,13-14H,12H2,1-3H3,(H,24,28)/t14-/m1/s1. The summed E-state index contributed by atoms with van der Waals surface area (Å²) in [4.78, 5) is 12.3. The fraction of sp³-hybridized carbons (Fsp3) is 0.286. The number of aromatic nitrogens is 3. The van der Waals surface area contributed by atoms with Crippen molar-refractivity contribution in [2.75, 3.05) is 5.75 Å². The van der Waals surface area contributed by atoms with Crippen LogP contribution in [-0.2, 0) is 4.79 Å². The van der Waals surface area contributed by atoms with Gasteiger partial charge in [0.1, 0.15) is 11.6 Å². The second kappa shape index (κ2) is 9.17. The molecule has 0 radical (unpaired) electrons. The zero-order valence-electron chi connectivity index (χ0n) is 16.4. The summed E-state index contributed by atoms with van der Waals surface area (Å²) in [5.41, 5.74) is 0.849. The molecule has 1 aromatic heterocycles. The number of halogens is 2. The summed E-state index contributed by atoms with van der Waals surface area (Å²) >= 11 is 1.15. The van der Waals surface area contributed by atoms with E-state index in [0.717, 1.165) is 23.4 Å². The van der Waals surface area contributed by atoms with Gasteiger partial charge in [-0.2, -0.15) is 0 Å². The highest BCUT2D eigenvalue weighted by Crippen LogP contribution is 2.29. The van der Waals surface area contributed by atoms with Gasteiger partial charge < -0.3 is 5.32 Å². The van der Waals surface area contributed by atoms with Crippen LogP contribution in [0.1, 0.15) is 20.8 Å². The molecule has 0 spiro atoms. The molecule has 3 rings (SSSR count). The van der Waals surface area contributed by atoms with Crippen molar-refractivity contribution in [3.63, 3.8) is 0 Å². The molecule has 0 unspecified atom stereocenters. The molecular formula is C21H22F2N4OS. The zero-order chi connectivity index (χ0) is 21.0. The predicted molar refractivity (Wildman–Crippen MR) is 110 cm³/mol. The van der Waals surface area contributed by atoms with Crippen LogP contribution in [0, 0.1) is 17.6 Å². The third-order valence-electron chi connectivity index (χ3n) is 4.54. The lowest BCUT2D eigenvalue weighted by Crippen LogP contribution is -2.37. The van der Waals surface area contributed by atoms with Gasteiger partial charge in [-0.1, -0.05) is 55.9 Å². The molecule has 2 aromatic carbocycles. The van der Waals surface area contributed by atoms with E-state index in [-0.39, 0.29) is 23.4 Å². The fourth-order valence-electron chi connectivity index (χ4n) is 2.61. The number of rotatable bonds is 7. The van der Waals surface area contributed by atoms with E-state index < -0.39 is 11.6 Å². The Morgan fingerprint density at radius 2 is 1.83 bits per heavy atom. The van der Waals surface area contributed by atoms with Crippen LogP contribution in [0.3, 0.4) is 0 Å². The maximum absolute atomic E-state index is 14.5. The molecule has 1 atom stereocenters. The molecule has 0 aliphatic heterocycles. The molecule has 152 valence electrons. The molecule has 0 aliphatic carbocycles. The highest BCUT2D eigenvalue weighted by atomic mass is 32.2. The highest BCUT2D eigenvalue weighted by Gasteiger charge is 2.20. The number of thioether (sulfide) groups is 1.